The number of hydrogen-bond acceptors (Lipinski definition) is 3. The number of nitrogens with zero attached hydrogens (tertiary/aromatic N) is 2. The van der Waals surface area contributed by atoms with E-state index in [1.54, 1.807) is 6.33 Å². The predicted octanol–water partition coefficient (Wildman–Crippen LogP) is 1.70. The lowest BCUT2D eigenvalue weighted by Crippen LogP contribution is -2.20. The van der Waals surface area contributed by atoms with E-state index in [4.69, 9.17) is 0 Å². The molecule has 1 aromatic heterocycles. The van der Waals surface area contributed by atoms with Crippen LogP contribution in [0, 0.1) is 0 Å². The number of aromatic nitrogens is 2. The third-order valence-corrected chi connectivity index (χ3v) is 2.00. The Morgan fingerprint density at radius 2 is 1.86 bits per heavy atom. The molecule has 0 saturated heterocycles. The average Bonchev–Trinajstić information content (AvgIpc) is 2.21. The van der Waals surface area contributed by atoms with E-state index in [-0.39, 0.29) is 24.8 Å². The fourth-order valence-corrected chi connectivity index (χ4v) is 1.35. The first-order valence-electron chi connectivity index (χ1n) is 4.12. The molecule has 5 heteroatoms. The molecule has 1 aliphatic rings. The number of halogens is 2. The molecule has 0 bridgehead atoms. The van der Waals surface area contributed by atoms with Crippen LogP contribution >= 0.6 is 24.8 Å². The van der Waals surface area contributed by atoms with Gasteiger partial charge in [0.2, 0.25) is 0 Å². The van der Waals surface area contributed by atoms with E-state index < -0.39 is 0 Å². The van der Waals surface area contributed by atoms with E-state index in [0.29, 0.717) is 0 Å². The molecule has 0 amide bonds. The van der Waals surface area contributed by atoms with Crippen molar-refractivity contribution in [3.05, 3.63) is 30.4 Å². The second kappa shape index (κ2) is 6.76. The molecule has 0 spiro atoms. The lowest BCUT2D eigenvalue weighted by molar-refractivity contribution is 0.738. The van der Waals surface area contributed by atoms with E-state index in [1.165, 1.54) is 5.57 Å². The van der Waals surface area contributed by atoms with Crippen molar-refractivity contribution in [1.82, 2.24) is 15.3 Å². The first-order valence-corrected chi connectivity index (χ1v) is 4.12. The highest BCUT2D eigenvalue weighted by Gasteiger charge is 2.04. The average molecular weight is 234 g/mol. The van der Waals surface area contributed by atoms with Crippen molar-refractivity contribution in [3.8, 4) is 0 Å². The summed E-state index contributed by atoms with van der Waals surface area (Å²) in [5.41, 5.74) is 2.51. The Labute approximate surface area is 95.9 Å². The van der Waals surface area contributed by atoms with Gasteiger partial charge in [-0.2, -0.15) is 0 Å². The van der Waals surface area contributed by atoms with Crippen LogP contribution in [-0.2, 0) is 0 Å². The molecule has 2 heterocycles. The summed E-state index contributed by atoms with van der Waals surface area (Å²) >= 11 is 0. The number of hydrogen-bond donors (Lipinski definition) is 1. The van der Waals surface area contributed by atoms with Crippen LogP contribution in [-0.4, -0.2) is 23.1 Å². The van der Waals surface area contributed by atoms with Crippen LogP contribution in [0.1, 0.15) is 12.0 Å². The topological polar surface area (TPSA) is 37.8 Å². The quantitative estimate of drug-likeness (QED) is 0.803. The van der Waals surface area contributed by atoms with Crippen molar-refractivity contribution < 1.29 is 0 Å². The molecule has 2 rings (SSSR count). The lowest BCUT2D eigenvalue weighted by atomic mass is 10.0. The Bertz CT molecular complexity index is 287. The second-order valence-corrected chi connectivity index (χ2v) is 2.81. The smallest absolute Gasteiger partial charge is 0.115 e. The fourth-order valence-electron chi connectivity index (χ4n) is 1.35. The summed E-state index contributed by atoms with van der Waals surface area (Å²) in [7, 11) is 0. The van der Waals surface area contributed by atoms with E-state index in [1.807, 2.05) is 12.4 Å². The predicted molar refractivity (Wildman–Crippen MR) is 62.0 cm³/mol. The molecule has 14 heavy (non-hydrogen) atoms. The maximum absolute atomic E-state index is 3.99. The zero-order valence-corrected chi connectivity index (χ0v) is 9.27. The normalized spacial score (nSPS) is 14.7. The minimum atomic E-state index is 0. The maximum atomic E-state index is 3.99. The summed E-state index contributed by atoms with van der Waals surface area (Å²) in [5.74, 6) is 0. The molecule has 1 aromatic rings. The van der Waals surface area contributed by atoms with Crippen LogP contribution in [0.2, 0.25) is 0 Å². The Morgan fingerprint density at radius 1 is 1.14 bits per heavy atom. The van der Waals surface area contributed by atoms with E-state index in [9.17, 15) is 0 Å². The Balaban J connectivity index is 0.000000845. The molecule has 3 nitrogen and oxygen atoms in total. The van der Waals surface area contributed by atoms with Crippen LogP contribution < -0.4 is 5.32 Å². The van der Waals surface area contributed by atoms with Crippen LogP contribution in [0.5, 0.6) is 0 Å². The second-order valence-electron chi connectivity index (χ2n) is 2.81. The Kier molecular flexibility index (Phi) is 6.45. The van der Waals surface area contributed by atoms with Crippen LogP contribution in [0.15, 0.2) is 24.8 Å². The van der Waals surface area contributed by atoms with E-state index in [0.717, 1.165) is 25.1 Å². The third-order valence-electron chi connectivity index (χ3n) is 2.00. The van der Waals surface area contributed by atoms with Gasteiger partial charge in [0.1, 0.15) is 6.33 Å². The van der Waals surface area contributed by atoms with Crippen molar-refractivity contribution >= 4 is 30.4 Å². The summed E-state index contributed by atoms with van der Waals surface area (Å²) in [5, 5.41) is 3.27. The van der Waals surface area contributed by atoms with Crippen molar-refractivity contribution in [2.24, 2.45) is 0 Å². The Hall–Kier alpha value is -0.640. The molecule has 0 aliphatic carbocycles. The molecule has 0 atom stereocenters. The van der Waals surface area contributed by atoms with Gasteiger partial charge in [-0.25, -0.2) is 9.97 Å². The molecular weight excluding hydrogens is 221 g/mol. The number of nitrogens with one attached hydrogen (secondary N) is 1. The Morgan fingerprint density at radius 3 is 2.43 bits per heavy atom. The van der Waals surface area contributed by atoms with Gasteiger partial charge in [0.25, 0.3) is 0 Å². The minimum absolute atomic E-state index is 0. The van der Waals surface area contributed by atoms with Crippen molar-refractivity contribution in [3.63, 3.8) is 0 Å². The lowest BCUT2D eigenvalue weighted by Gasteiger charge is -2.12. The van der Waals surface area contributed by atoms with E-state index >= 15 is 0 Å². The van der Waals surface area contributed by atoms with Crippen molar-refractivity contribution in [1.29, 1.82) is 0 Å². The summed E-state index contributed by atoms with van der Waals surface area (Å²) in [6.07, 6.45) is 8.56. The van der Waals surface area contributed by atoms with Gasteiger partial charge in [0.05, 0.1) is 0 Å². The van der Waals surface area contributed by atoms with Gasteiger partial charge >= 0.3 is 0 Å². The standard InChI is InChI=1S/C9H11N3.2ClH/c1-3-10-4-2-8(1)9-5-11-7-12-6-9;;/h1,5-7,10H,2-4H2;2*1H. The molecule has 0 unspecified atom stereocenters. The van der Waals surface area contributed by atoms with Crippen molar-refractivity contribution in [2.75, 3.05) is 13.1 Å². The summed E-state index contributed by atoms with van der Waals surface area (Å²) < 4.78 is 0. The van der Waals surface area contributed by atoms with Crippen LogP contribution in [0.25, 0.3) is 5.57 Å². The first-order chi connectivity index (χ1) is 5.97. The SMILES string of the molecule is C1=C(c2cncnc2)CCNC1.Cl.Cl. The zero-order valence-electron chi connectivity index (χ0n) is 7.64. The van der Waals surface area contributed by atoms with Crippen LogP contribution in [0.4, 0.5) is 0 Å². The number of rotatable bonds is 1. The van der Waals surface area contributed by atoms with Crippen LogP contribution in [0.3, 0.4) is 0 Å². The molecule has 1 aliphatic heterocycles. The van der Waals surface area contributed by atoms with Gasteiger partial charge in [-0.3, -0.25) is 0 Å². The largest absolute Gasteiger partial charge is 0.313 e. The van der Waals surface area contributed by atoms with Gasteiger partial charge in [-0.15, -0.1) is 24.8 Å². The molecule has 0 fully saturated rings. The van der Waals surface area contributed by atoms with Gasteiger partial charge in [0.15, 0.2) is 0 Å². The molecule has 0 saturated carbocycles. The highest BCUT2D eigenvalue weighted by atomic mass is 35.5. The van der Waals surface area contributed by atoms with Gasteiger partial charge < -0.3 is 5.32 Å². The maximum Gasteiger partial charge on any atom is 0.115 e. The highest BCUT2D eigenvalue weighted by Crippen LogP contribution is 2.16. The van der Waals surface area contributed by atoms with Gasteiger partial charge in [-0.05, 0) is 18.5 Å². The van der Waals surface area contributed by atoms with Gasteiger partial charge in [-0.1, -0.05) is 6.08 Å². The van der Waals surface area contributed by atoms with Gasteiger partial charge in [0, 0.05) is 24.5 Å². The monoisotopic (exact) mass is 233 g/mol. The third kappa shape index (κ3) is 3.25. The minimum Gasteiger partial charge on any atom is -0.313 e. The zero-order chi connectivity index (χ0) is 8.23. The van der Waals surface area contributed by atoms with E-state index in [2.05, 4.69) is 21.4 Å². The summed E-state index contributed by atoms with van der Waals surface area (Å²) in [6.45, 7) is 2.02. The first kappa shape index (κ1) is 13.4. The molecular formula is C9H13Cl2N3. The highest BCUT2D eigenvalue weighted by molar-refractivity contribution is 5.85. The fraction of sp³-hybridized carbons (Fsp3) is 0.333. The molecule has 0 radical (unpaired) electrons. The summed E-state index contributed by atoms with van der Waals surface area (Å²) in [4.78, 5) is 7.98. The molecule has 1 N–H and O–H groups in total. The molecule has 78 valence electrons. The van der Waals surface area contributed by atoms with Crippen molar-refractivity contribution in [2.45, 2.75) is 6.42 Å². The summed E-state index contributed by atoms with van der Waals surface area (Å²) in [6, 6.07) is 0. The molecule has 0 aromatic carbocycles.